The summed E-state index contributed by atoms with van der Waals surface area (Å²) in [6, 6.07) is 4.38. The fraction of sp³-hybridized carbons (Fsp3) is 0.300. The predicted molar refractivity (Wildman–Crippen MR) is 67.9 cm³/mol. The Balaban J connectivity index is 3.15. The molecular formula is C10H13ClN2O3S. The van der Waals surface area contributed by atoms with Crippen molar-refractivity contribution >= 4 is 33.2 Å². The molecule has 94 valence electrons. The average Bonchev–Trinajstić information content (AvgIpc) is 2.17. The minimum atomic E-state index is -3.37. The minimum Gasteiger partial charge on any atom is -0.345 e. The Morgan fingerprint density at radius 2 is 1.94 bits per heavy atom. The van der Waals surface area contributed by atoms with Crippen LogP contribution in [0, 0.1) is 0 Å². The van der Waals surface area contributed by atoms with Crippen LogP contribution >= 0.6 is 11.6 Å². The van der Waals surface area contributed by atoms with Crippen molar-refractivity contribution in [3.8, 4) is 0 Å². The predicted octanol–water partition coefficient (Wildman–Crippen LogP) is 1.41. The first-order valence-corrected chi connectivity index (χ1v) is 6.96. The molecule has 0 spiro atoms. The van der Waals surface area contributed by atoms with Crippen molar-refractivity contribution in [1.82, 2.24) is 4.90 Å². The summed E-state index contributed by atoms with van der Waals surface area (Å²) in [5.74, 6) is -0.285. The molecule has 1 aromatic carbocycles. The molecule has 0 saturated carbocycles. The number of nitrogens with one attached hydrogen (secondary N) is 1. The van der Waals surface area contributed by atoms with Crippen molar-refractivity contribution in [2.45, 2.75) is 0 Å². The highest BCUT2D eigenvalue weighted by molar-refractivity contribution is 7.92. The molecule has 0 atom stereocenters. The standard InChI is InChI=1S/C10H13ClN2O3S/c1-13(2)10(14)8-6-7(4-5-9(8)11)12-17(3,15)16/h4-6,12H,1-3H3. The molecule has 7 heteroatoms. The van der Waals surface area contributed by atoms with Crippen LogP contribution in [0.3, 0.4) is 0 Å². The SMILES string of the molecule is CN(C)C(=O)c1cc(NS(C)(=O)=O)ccc1Cl. The Bertz CT molecular complexity index is 540. The van der Waals surface area contributed by atoms with Crippen LogP contribution in [0.5, 0.6) is 0 Å². The lowest BCUT2D eigenvalue weighted by atomic mass is 10.2. The number of halogens is 1. The number of sulfonamides is 1. The van der Waals surface area contributed by atoms with Gasteiger partial charge in [-0.25, -0.2) is 8.42 Å². The van der Waals surface area contributed by atoms with E-state index in [9.17, 15) is 13.2 Å². The van der Waals surface area contributed by atoms with Crippen LogP contribution in [0.4, 0.5) is 5.69 Å². The molecule has 0 aliphatic rings. The van der Waals surface area contributed by atoms with E-state index in [1.807, 2.05) is 0 Å². The number of anilines is 1. The van der Waals surface area contributed by atoms with Crippen LogP contribution in [0.1, 0.15) is 10.4 Å². The number of carbonyl (C=O) groups is 1. The van der Waals surface area contributed by atoms with E-state index in [0.717, 1.165) is 6.26 Å². The van der Waals surface area contributed by atoms with Gasteiger partial charge in [-0.3, -0.25) is 9.52 Å². The largest absolute Gasteiger partial charge is 0.345 e. The van der Waals surface area contributed by atoms with Crippen LogP contribution < -0.4 is 4.72 Å². The Hall–Kier alpha value is -1.27. The third kappa shape index (κ3) is 3.90. The molecule has 0 radical (unpaired) electrons. The molecule has 0 fully saturated rings. The van der Waals surface area contributed by atoms with E-state index in [4.69, 9.17) is 11.6 Å². The van der Waals surface area contributed by atoms with Gasteiger partial charge in [0.05, 0.1) is 16.8 Å². The molecule has 1 aromatic rings. The maximum Gasteiger partial charge on any atom is 0.254 e. The number of hydrogen-bond acceptors (Lipinski definition) is 3. The normalized spacial score (nSPS) is 11.1. The Morgan fingerprint density at radius 1 is 1.35 bits per heavy atom. The molecule has 0 unspecified atom stereocenters. The van der Waals surface area contributed by atoms with E-state index in [1.165, 1.54) is 23.1 Å². The van der Waals surface area contributed by atoms with Crippen molar-refractivity contribution in [2.24, 2.45) is 0 Å². The Morgan fingerprint density at radius 3 is 2.41 bits per heavy atom. The summed E-state index contributed by atoms with van der Waals surface area (Å²) in [7, 11) is -0.186. The lowest BCUT2D eigenvalue weighted by molar-refractivity contribution is 0.0828. The van der Waals surface area contributed by atoms with Gasteiger partial charge in [0, 0.05) is 19.8 Å². The van der Waals surface area contributed by atoms with Crippen LogP contribution in [0.25, 0.3) is 0 Å². The number of carbonyl (C=O) groups excluding carboxylic acids is 1. The molecule has 5 nitrogen and oxygen atoms in total. The van der Waals surface area contributed by atoms with E-state index in [0.29, 0.717) is 5.69 Å². The molecule has 1 rings (SSSR count). The van der Waals surface area contributed by atoms with Crippen molar-refractivity contribution in [3.63, 3.8) is 0 Å². The van der Waals surface area contributed by atoms with Crippen molar-refractivity contribution in [2.75, 3.05) is 25.1 Å². The molecule has 0 aliphatic heterocycles. The molecule has 0 bridgehead atoms. The minimum absolute atomic E-state index is 0.255. The van der Waals surface area contributed by atoms with E-state index in [2.05, 4.69) is 4.72 Å². The van der Waals surface area contributed by atoms with Crippen molar-refractivity contribution in [1.29, 1.82) is 0 Å². The van der Waals surface area contributed by atoms with Crippen molar-refractivity contribution < 1.29 is 13.2 Å². The third-order valence-electron chi connectivity index (χ3n) is 1.91. The highest BCUT2D eigenvalue weighted by atomic mass is 35.5. The first kappa shape index (κ1) is 13.8. The van der Waals surface area contributed by atoms with E-state index < -0.39 is 10.0 Å². The van der Waals surface area contributed by atoms with Gasteiger partial charge in [-0.05, 0) is 18.2 Å². The summed E-state index contributed by atoms with van der Waals surface area (Å²) in [6.07, 6.45) is 1.04. The Labute approximate surface area is 105 Å². The summed E-state index contributed by atoms with van der Waals surface area (Å²) in [4.78, 5) is 13.1. The summed E-state index contributed by atoms with van der Waals surface area (Å²) in [5, 5.41) is 0.280. The Kier molecular flexibility index (Phi) is 4.00. The number of hydrogen-bond donors (Lipinski definition) is 1. The molecule has 1 amide bonds. The molecule has 17 heavy (non-hydrogen) atoms. The van der Waals surface area contributed by atoms with Gasteiger partial charge in [0.1, 0.15) is 0 Å². The zero-order valence-electron chi connectivity index (χ0n) is 9.69. The first-order chi connectivity index (χ1) is 7.70. The average molecular weight is 277 g/mol. The molecule has 0 heterocycles. The van der Waals surface area contributed by atoms with Crippen LogP contribution in [-0.2, 0) is 10.0 Å². The lowest BCUT2D eigenvalue weighted by Gasteiger charge is -2.13. The van der Waals surface area contributed by atoms with Gasteiger partial charge in [0.15, 0.2) is 0 Å². The maximum absolute atomic E-state index is 11.7. The third-order valence-corrected chi connectivity index (χ3v) is 2.84. The molecule has 0 aliphatic carbocycles. The van der Waals surface area contributed by atoms with Crippen molar-refractivity contribution in [3.05, 3.63) is 28.8 Å². The number of rotatable bonds is 3. The monoisotopic (exact) mass is 276 g/mol. The molecule has 0 aromatic heterocycles. The number of amides is 1. The number of nitrogens with zero attached hydrogens (tertiary/aromatic N) is 1. The van der Waals surface area contributed by atoms with Gasteiger partial charge in [0.25, 0.3) is 5.91 Å². The second-order valence-electron chi connectivity index (χ2n) is 3.77. The second-order valence-corrected chi connectivity index (χ2v) is 5.92. The van der Waals surface area contributed by atoms with Crippen LogP contribution in [0.15, 0.2) is 18.2 Å². The maximum atomic E-state index is 11.7. The van der Waals surface area contributed by atoms with Gasteiger partial charge < -0.3 is 4.90 Å². The van der Waals surface area contributed by atoms with E-state index >= 15 is 0 Å². The van der Waals surface area contributed by atoms with Gasteiger partial charge in [-0.2, -0.15) is 0 Å². The number of benzene rings is 1. The summed E-state index contributed by atoms with van der Waals surface area (Å²) >= 11 is 5.88. The van der Waals surface area contributed by atoms with Gasteiger partial charge >= 0.3 is 0 Å². The molecule has 0 saturated heterocycles. The molecular weight excluding hydrogens is 264 g/mol. The summed E-state index contributed by atoms with van der Waals surface area (Å²) in [6.45, 7) is 0. The zero-order chi connectivity index (χ0) is 13.2. The van der Waals surface area contributed by atoms with Gasteiger partial charge in [-0.1, -0.05) is 11.6 Å². The zero-order valence-corrected chi connectivity index (χ0v) is 11.3. The molecule has 1 N–H and O–H groups in total. The topological polar surface area (TPSA) is 66.5 Å². The van der Waals surface area contributed by atoms with Gasteiger partial charge in [0.2, 0.25) is 10.0 Å². The van der Waals surface area contributed by atoms with Crippen LogP contribution in [-0.4, -0.2) is 39.6 Å². The van der Waals surface area contributed by atoms with E-state index in [-0.39, 0.29) is 16.5 Å². The highest BCUT2D eigenvalue weighted by Crippen LogP contribution is 2.22. The first-order valence-electron chi connectivity index (χ1n) is 4.69. The smallest absolute Gasteiger partial charge is 0.254 e. The summed E-state index contributed by atoms with van der Waals surface area (Å²) in [5.41, 5.74) is 0.562. The highest BCUT2D eigenvalue weighted by Gasteiger charge is 2.14. The van der Waals surface area contributed by atoms with E-state index in [1.54, 1.807) is 14.1 Å². The lowest BCUT2D eigenvalue weighted by Crippen LogP contribution is -2.22. The summed E-state index contributed by atoms with van der Waals surface area (Å²) < 4.78 is 24.4. The second kappa shape index (κ2) is 4.93. The van der Waals surface area contributed by atoms with Crippen LogP contribution in [0.2, 0.25) is 5.02 Å². The fourth-order valence-electron chi connectivity index (χ4n) is 1.21. The quantitative estimate of drug-likeness (QED) is 0.908. The van der Waals surface area contributed by atoms with Gasteiger partial charge in [-0.15, -0.1) is 0 Å². The fourth-order valence-corrected chi connectivity index (χ4v) is 1.96.